The van der Waals surface area contributed by atoms with Crippen LogP contribution in [0.2, 0.25) is 0 Å². The number of ether oxygens (including phenoxy) is 2. The maximum Gasteiger partial charge on any atom is 0.344 e. The number of hydrogen-bond donors (Lipinski definition) is 0. The van der Waals surface area contributed by atoms with Gasteiger partial charge >= 0.3 is 5.97 Å². The zero-order valence-corrected chi connectivity index (χ0v) is 15.0. The molecule has 0 spiro atoms. The van der Waals surface area contributed by atoms with Crippen LogP contribution in [0.5, 0.6) is 5.75 Å². The lowest BCUT2D eigenvalue weighted by Gasteiger charge is -2.12. The summed E-state index contributed by atoms with van der Waals surface area (Å²) in [4.78, 5) is 16.4. The van der Waals surface area contributed by atoms with Gasteiger partial charge in [-0.1, -0.05) is 23.8 Å². The number of carbonyl (C=O) groups is 1. The molecular weight excluding hydrogens is 316 g/mol. The minimum Gasteiger partial charge on any atom is -0.481 e. The van der Waals surface area contributed by atoms with Gasteiger partial charge < -0.3 is 13.9 Å². The van der Waals surface area contributed by atoms with E-state index in [9.17, 15) is 4.79 Å². The van der Waals surface area contributed by atoms with Crippen LogP contribution in [-0.4, -0.2) is 22.0 Å². The number of benzene rings is 1. The third-order valence-electron chi connectivity index (χ3n) is 3.97. The van der Waals surface area contributed by atoms with Crippen LogP contribution in [0.3, 0.4) is 0 Å². The van der Waals surface area contributed by atoms with Crippen molar-refractivity contribution in [1.29, 1.82) is 0 Å². The molecule has 0 bridgehead atoms. The Morgan fingerprint density at radius 1 is 1.04 bits per heavy atom. The van der Waals surface area contributed by atoms with Gasteiger partial charge in [0.2, 0.25) is 0 Å². The summed E-state index contributed by atoms with van der Waals surface area (Å²) in [7, 11) is 0. The number of aromatic nitrogens is 2. The first-order chi connectivity index (χ1) is 11.9. The first kappa shape index (κ1) is 17.0. The van der Waals surface area contributed by atoms with E-state index in [0.717, 1.165) is 28.1 Å². The van der Waals surface area contributed by atoms with E-state index in [-0.39, 0.29) is 13.2 Å². The Bertz CT molecular complexity index is 905. The van der Waals surface area contributed by atoms with Crippen molar-refractivity contribution in [2.45, 2.75) is 34.3 Å². The average molecular weight is 338 g/mol. The van der Waals surface area contributed by atoms with Crippen molar-refractivity contribution in [3.63, 3.8) is 0 Å². The largest absolute Gasteiger partial charge is 0.481 e. The molecule has 5 nitrogen and oxygen atoms in total. The van der Waals surface area contributed by atoms with Gasteiger partial charge in [-0.15, -0.1) is 0 Å². The van der Waals surface area contributed by atoms with E-state index in [1.807, 2.05) is 68.8 Å². The van der Waals surface area contributed by atoms with Gasteiger partial charge in [-0.25, -0.2) is 9.78 Å². The van der Waals surface area contributed by atoms with E-state index < -0.39 is 5.97 Å². The highest BCUT2D eigenvalue weighted by molar-refractivity contribution is 5.71. The molecule has 0 radical (unpaired) electrons. The topological polar surface area (TPSA) is 52.8 Å². The van der Waals surface area contributed by atoms with Crippen molar-refractivity contribution >= 4 is 11.6 Å². The van der Waals surface area contributed by atoms with Crippen LogP contribution in [0.1, 0.15) is 27.9 Å². The summed E-state index contributed by atoms with van der Waals surface area (Å²) >= 11 is 0. The maximum atomic E-state index is 12.0. The SMILES string of the molecule is Cc1cc(C)c(OCC(=O)OCc2cn3cc(C)ccc3n2)c(C)c1. The number of pyridine rings is 1. The lowest BCUT2D eigenvalue weighted by atomic mass is 10.1. The average Bonchev–Trinajstić information content (AvgIpc) is 2.93. The number of fused-ring (bicyclic) bond motifs is 1. The normalized spacial score (nSPS) is 10.9. The molecule has 0 atom stereocenters. The number of aryl methyl sites for hydroxylation is 4. The molecule has 3 aromatic rings. The molecule has 1 aromatic carbocycles. The number of esters is 1. The van der Waals surface area contributed by atoms with Crippen molar-refractivity contribution in [1.82, 2.24) is 9.38 Å². The quantitative estimate of drug-likeness (QED) is 0.666. The Balaban J connectivity index is 1.57. The molecule has 0 saturated carbocycles. The molecule has 0 fully saturated rings. The smallest absolute Gasteiger partial charge is 0.344 e. The molecule has 2 aromatic heterocycles. The third-order valence-corrected chi connectivity index (χ3v) is 3.97. The first-order valence-electron chi connectivity index (χ1n) is 8.23. The van der Waals surface area contributed by atoms with Crippen molar-refractivity contribution in [3.8, 4) is 5.75 Å². The highest BCUT2D eigenvalue weighted by atomic mass is 16.6. The minimum atomic E-state index is -0.410. The van der Waals surface area contributed by atoms with Gasteiger partial charge in [-0.2, -0.15) is 0 Å². The van der Waals surface area contributed by atoms with Gasteiger partial charge in [-0.3, -0.25) is 0 Å². The molecule has 0 aliphatic rings. The third kappa shape index (κ3) is 3.99. The lowest BCUT2D eigenvalue weighted by Crippen LogP contribution is -2.15. The van der Waals surface area contributed by atoms with Gasteiger partial charge in [0.05, 0.1) is 5.69 Å². The predicted molar refractivity (Wildman–Crippen MR) is 95.9 cm³/mol. The zero-order valence-electron chi connectivity index (χ0n) is 15.0. The van der Waals surface area contributed by atoms with Crippen LogP contribution in [0, 0.1) is 27.7 Å². The summed E-state index contributed by atoms with van der Waals surface area (Å²) in [6.45, 7) is 8.02. The standard InChI is InChI=1S/C20H22N2O3/c1-13-5-6-18-21-17(10-22(18)9-13)11-24-19(23)12-25-20-15(3)7-14(2)8-16(20)4/h5-10H,11-12H2,1-4H3. The van der Waals surface area contributed by atoms with E-state index in [4.69, 9.17) is 9.47 Å². The van der Waals surface area contributed by atoms with E-state index in [1.54, 1.807) is 0 Å². The second-order valence-electron chi connectivity index (χ2n) is 6.38. The first-order valence-corrected chi connectivity index (χ1v) is 8.23. The Morgan fingerprint density at radius 2 is 1.76 bits per heavy atom. The predicted octanol–water partition coefficient (Wildman–Crippen LogP) is 3.69. The van der Waals surface area contributed by atoms with E-state index in [0.29, 0.717) is 5.69 Å². The van der Waals surface area contributed by atoms with Crippen LogP contribution < -0.4 is 4.74 Å². The van der Waals surface area contributed by atoms with Crippen LogP contribution in [-0.2, 0) is 16.1 Å². The van der Waals surface area contributed by atoms with Crippen molar-refractivity contribution < 1.29 is 14.3 Å². The van der Waals surface area contributed by atoms with Gasteiger partial charge in [-0.05, 0) is 50.5 Å². The fourth-order valence-corrected chi connectivity index (χ4v) is 2.95. The minimum absolute atomic E-state index is 0.114. The van der Waals surface area contributed by atoms with Crippen molar-refractivity contribution in [3.05, 3.63) is 64.6 Å². The molecule has 0 N–H and O–H groups in total. The fourth-order valence-electron chi connectivity index (χ4n) is 2.95. The van der Waals surface area contributed by atoms with Crippen molar-refractivity contribution in [2.75, 3.05) is 6.61 Å². The Labute approximate surface area is 147 Å². The second kappa shape index (κ2) is 6.97. The summed E-state index contributed by atoms with van der Waals surface area (Å²) in [6, 6.07) is 8.00. The number of hydrogen-bond acceptors (Lipinski definition) is 4. The second-order valence-corrected chi connectivity index (χ2v) is 6.38. The fraction of sp³-hybridized carbons (Fsp3) is 0.300. The Morgan fingerprint density at radius 3 is 2.48 bits per heavy atom. The van der Waals surface area contributed by atoms with E-state index >= 15 is 0 Å². The van der Waals surface area contributed by atoms with Gasteiger partial charge in [0.15, 0.2) is 6.61 Å². The molecule has 130 valence electrons. The van der Waals surface area contributed by atoms with Crippen LogP contribution in [0.25, 0.3) is 5.65 Å². The molecule has 5 heteroatoms. The highest BCUT2D eigenvalue weighted by Crippen LogP contribution is 2.24. The number of carbonyl (C=O) groups excluding carboxylic acids is 1. The highest BCUT2D eigenvalue weighted by Gasteiger charge is 2.10. The van der Waals surface area contributed by atoms with Gasteiger partial charge in [0.1, 0.15) is 18.0 Å². The molecule has 0 aliphatic carbocycles. The summed E-state index contributed by atoms with van der Waals surface area (Å²) in [5.74, 6) is 0.332. The Kier molecular flexibility index (Phi) is 4.74. The van der Waals surface area contributed by atoms with Gasteiger partial charge in [0, 0.05) is 12.4 Å². The zero-order chi connectivity index (χ0) is 18.0. The van der Waals surface area contributed by atoms with E-state index in [2.05, 4.69) is 4.98 Å². The molecule has 0 saturated heterocycles. The lowest BCUT2D eigenvalue weighted by molar-refractivity contribution is -0.147. The number of imidazole rings is 1. The van der Waals surface area contributed by atoms with Crippen LogP contribution in [0.15, 0.2) is 36.7 Å². The number of rotatable bonds is 5. The molecule has 0 unspecified atom stereocenters. The van der Waals surface area contributed by atoms with Crippen LogP contribution >= 0.6 is 0 Å². The molecular formula is C20H22N2O3. The summed E-state index contributed by atoms with van der Waals surface area (Å²) in [5, 5.41) is 0. The Hall–Kier alpha value is -2.82. The summed E-state index contributed by atoms with van der Waals surface area (Å²) in [6.07, 6.45) is 3.85. The van der Waals surface area contributed by atoms with Gasteiger partial charge in [0.25, 0.3) is 0 Å². The molecule has 3 rings (SSSR count). The van der Waals surface area contributed by atoms with E-state index in [1.165, 1.54) is 5.56 Å². The maximum absolute atomic E-state index is 12.0. The molecule has 0 amide bonds. The number of nitrogens with zero attached hydrogens (tertiary/aromatic N) is 2. The van der Waals surface area contributed by atoms with Crippen molar-refractivity contribution in [2.24, 2.45) is 0 Å². The monoisotopic (exact) mass is 338 g/mol. The molecule has 0 aliphatic heterocycles. The molecule has 2 heterocycles. The summed E-state index contributed by atoms with van der Waals surface area (Å²) < 4.78 is 12.8. The summed E-state index contributed by atoms with van der Waals surface area (Å²) in [5.41, 5.74) is 5.89. The molecule has 25 heavy (non-hydrogen) atoms. The van der Waals surface area contributed by atoms with Crippen LogP contribution in [0.4, 0.5) is 0 Å².